The molecular formula is C22H21FN6O3S. The number of hydrogen-bond acceptors (Lipinski definition) is 7. The van der Waals surface area contributed by atoms with Gasteiger partial charge in [-0.3, -0.25) is 14.5 Å². The molecule has 0 N–H and O–H groups in total. The second kappa shape index (κ2) is 8.07. The molecule has 5 rings (SSSR count). The number of imidazole rings is 1. The second-order valence-corrected chi connectivity index (χ2v) is 8.62. The molecule has 0 saturated heterocycles. The third kappa shape index (κ3) is 3.58. The average molecular weight is 469 g/mol. The Morgan fingerprint density at radius 2 is 1.97 bits per heavy atom. The van der Waals surface area contributed by atoms with Crippen molar-refractivity contribution in [2.45, 2.75) is 26.4 Å². The molecule has 11 heteroatoms. The van der Waals surface area contributed by atoms with Crippen molar-refractivity contribution in [1.29, 1.82) is 0 Å². The molecule has 2 aliphatic rings. The summed E-state index contributed by atoms with van der Waals surface area (Å²) in [5.74, 6) is 1.42. The van der Waals surface area contributed by atoms with Crippen LogP contribution < -0.4 is 4.90 Å². The SMILES string of the molecule is COC1=CC(=O)N(c2nc(-c3nc(C)ns3)n3c2C(C)N(C(=O)c2ccc(F)cc2)CC3)C1. The van der Waals surface area contributed by atoms with Crippen LogP contribution in [0.2, 0.25) is 0 Å². The molecule has 4 heterocycles. The zero-order valence-corrected chi connectivity index (χ0v) is 19.1. The van der Waals surface area contributed by atoms with E-state index in [0.29, 0.717) is 46.9 Å². The van der Waals surface area contributed by atoms with Crippen LogP contribution in [0.4, 0.5) is 10.2 Å². The van der Waals surface area contributed by atoms with Gasteiger partial charge in [-0.2, -0.15) is 4.37 Å². The largest absolute Gasteiger partial charge is 0.499 e. The third-order valence-electron chi connectivity index (χ3n) is 5.87. The lowest BCUT2D eigenvalue weighted by molar-refractivity contribution is -0.113. The summed E-state index contributed by atoms with van der Waals surface area (Å²) in [6, 6.07) is 5.11. The Morgan fingerprint density at radius 1 is 1.21 bits per heavy atom. The van der Waals surface area contributed by atoms with Crippen LogP contribution in [0, 0.1) is 12.7 Å². The van der Waals surface area contributed by atoms with Crippen LogP contribution in [0.3, 0.4) is 0 Å². The lowest BCUT2D eigenvalue weighted by Gasteiger charge is -2.36. The highest BCUT2D eigenvalue weighted by molar-refractivity contribution is 7.09. The maximum Gasteiger partial charge on any atom is 0.256 e. The minimum atomic E-state index is -0.399. The van der Waals surface area contributed by atoms with Gasteiger partial charge in [-0.25, -0.2) is 14.4 Å². The smallest absolute Gasteiger partial charge is 0.256 e. The normalized spacial score (nSPS) is 17.9. The summed E-state index contributed by atoms with van der Waals surface area (Å²) < 4.78 is 24.9. The van der Waals surface area contributed by atoms with E-state index >= 15 is 0 Å². The van der Waals surface area contributed by atoms with Gasteiger partial charge in [0.2, 0.25) is 0 Å². The van der Waals surface area contributed by atoms with Crippen molar-refractivity contribution in [3.8, 4) is 10.8 Å². The van der Waals surface area contributed by atoms with Crippen LogP contribution in [0.5, 0.6) is 0 Å². The summed E-state index contributed by atoms with van der Waals surface area (Å²) in [5.41, 5.74) is 1.14. The molecule has 0 fully saturated rings. The molecule has 0 aliphatic carbocycles. The Morgan fingerprint density at radius 3 is 2.61 bits per heavy atom. The highest BCUT2D eigenvalue weighted by Crippen LogP contribution is 2.39. The standard InChI is InChI=1S/C22H21FN6O3S/c1-12-18-19(29-11-16(32-3)10-17(29)30)25-20(21-24-13(2)26-33-21)28(18)9-8-27(12)22(31)14-4-6-15(23)7-5-14/h4-7,10,12H,8-9,11H2,1-3H3. The van der Waals surface area contributed by atoms with Crippen molar-refractivity contribution < 1.29 is 18.7 Å². The number of carbonyl (C=O) groups is 2. The zero-order chi connectivity index (χ0) is 23.3. The van der Waals surface area contributed by atoms with E-state index in [1.165, 1.54) is 49.0 Å². The van der Waals surface area contributed by atoms with Crippen molar-refractivity contribution in [2.75, 3.05) is 25.1 Å². The van der Waals surface area contributed by atoms with Crippen LogP contribution in [0.15, 0.2) is 36.1 Å². The third-order valence-corrected chi connectivity index (χ3v) is 6.67. The van der Waals surface area contributed by atoms with Gasteiger partial charge in [-0.15, -0.1) is 0 Å². The van der Waals surface area contributed by atoms with E-state index in [1.807, 2.05) is 18.4 Å². The minimum absolute atomic E-state index is 0.210. The molecule has 1 aromatic carbocycles. The predicted molar refractivity (Wildman–Crippen MR) is 119 cm³/mol. The monoisotopic (exact) mass is 468 g/mol. The first-order valence-electron chi connectivity index (χ1n) is 10.4. The number of nitrogens with zero attached hydrogens (tertiary/aromatic N) is 6. The first-order valence-corrected chi connectivity index (χ1v) is 11.2. The molecule has 2 aromatic heterocycles. The Balaban J connectivity index is 1.58. The number of rotatable bonds is 4. The van der Waals surface area contributed by atoms with Crippen LogP contribution in [-0.2, 0) is 16.1 Å². The quantitative estimate of drug-likeness (QED) is 0.585. The number of fused-ring (bicyclic) bond motifs is 1. The van der Waals surface area contributed by atoms with Gasteiger partial charge in [0.05, 0.1) is 25.4 Å². The van der Waals surface area contributed by atoms with Crippen molar-refractivity contribution in [2.24, 2.45) is 0 Å². The van der Waals surface area contributed by atoms with E-state index < -0.39 is 5.82 Å². The molecular weight excluding hydrogens is 447 g/mol. The fourth-order valence-electron chi connectivity index (χ4n) is 4.22. The predicted octanol–water partition coefficient (Wildman–Crippen LogP) is 2.94. The fraction of sp³-hybridized carbons (Fsp3) is 0.318. The number of aryl methyl sites for hydroxylation is 1. The summed E-state index contributed by atoms with van der Waals surface area (Å²) in [7, 11) is 1.52. The summed E-state index contributed by atoms with van der Waals surface area (Å²) in [6.45, 7) is 4.87. The number of halogens is 1. The van der Waals surface area contributed by atoms with Gasteiger partial charge in [0, 0.05) is 24.7 Å². The van der Waals surface area contributed by atoms with E-state index in [4.69, 9.17) is 9.72 Å². The second-order valence-electron chi connectivity index (χ2n) is 7.86. The lowest BCUT2D eigenvalue weighted by atomic mass is 10.1. The van der Waals surface area contributed by atoms with E-state index in [9.17, 15) is 14.0 Å². The van der Waals surface area contributed by atoms with Gasteiger partial charge in [0.15, 0.2) is 16.6 Å². The van der Waals surface area contributed by atoms with Crippen molar-refractivity contribution in [3.63, 3.8) is 0 Å². The number of carbonyl (C=O) groups excluding carboxylic acids is 2. The highest BCUT2D eigenvalue weighted by atomic mass is 32.1. The molecule has 2 amide bonds. The van der Waals surface area contributed by atoms with Gasteiger partial charge in [-0.05, 0) is 49.6 Å². The zero-order valence-electron chi connectivity index (χ0n) is 18.3. The number of anilines is 1. The molecule has 3 aromatic rings. The average Bonchev–Trinajstić information content (AvgIpc) is 3.50. The molecule has 0 saturated carbocycles. The Hall–Kier alpha value is -3.60. The van der Waals surface area contributed by atoms with Crippen molar-refractivity contribution in [1.82, 2.24) is 23.8 Å². The fourth-order valence-corrected chi connectivity index (χ4v) is 4.89. The molecule has 170 valence electrons. The van der Waals surface area contributed by atoms with Crippen molar-refractivity contribution >= 4 is 29.2 Å². The molecule has 0 spiro atoms. The first-order chi connectivity index (χ1) is 15.9. The number of ether oxygens (including phenoxy) is 1. The molecule has 1 atom stereocenters. The Bertz CT molecular complexity index is 1280. The maximum atomic E-state index is 13.4. The van der Waals surface area contributed by atoms with Crippen LogP contribution in [-0.4, -0.2) is 55.8 Å². The minimum Gasteiger partial charge on any atom is -0.499 e. The number of aromatic nitrogens is 4. The van der Waals surface area contributed by atoms with Gasteiger partial charge in [0.25, 0.3) is 11.8 Å². The van der Waals surface area contributed by atoms with Gasteiger partial charge in [0.1, 0.15) is 17.4 Å². The van der Waals surface area contributed by atoms with Crippen LogP contribution >= 0.6 is 11.5 Å². The molecule has 0 radical (unpaired) electrons. The summed E-state index contributed by atoms with van der Waals surface area (Å²) in [6.07, 6.45) is 1.44. The van der Waals surface area contributed by atoms with Gasteiger partial charge < -0.3 is 14.2 Å². The number of amides is 2. The van der Waals surface area contributed by atoms with Crippen molar-refractivity contribution in [3.05, 3.63) is 59.0 Å². The molecule has 0 bridgehead atoms. The van der Waals surface area contributed by atoms with Crippen LogP contribution in [0.25, 0.3) is 10.8 Å². The lowest BCUT2D eigenvalue weighted by Crippen LogP contribution is -2.42. The molecule has 33 heavy (non-hydrogen) atoms. The van der Waals surface area contributed by atoms with Gasteiger partial charge >= 0.3 is 0 Å². The van der Waals surface area contributed by atoms with Crippen LogP contribution in [0.1, 0.15) is 34.8 Å². The molecule has 1 unspecified atom stereocenters. The molecule has 9 nitrogen and oxygen atoms in total. The van der Waals surface area contributed by atoms with E-state index in [0.717, 1.165) is 5.69 Å². The maximum absolute atomic E-state index is 13.4. The first kappa shape index (κ1) is 21.3. The number of benzene rings is 1. The molecule has 2 aliphatic heterocycles. The highest BCUT2D eigenvalue weighted by Gasteiger charge is 2.38. The summed E-state index contributed by atoms with van der Waals surface area (Å²) in [5, 5.41) is 0.650. The Kier molecular flexibility index (Phi) is 5.20. The van der Waals surface area contributed by atoms with Gasteiger partial charge in [-0.1, -0.05) is 0 Å². The number of hydrogen-bond donors (Lipinski definition) is 0. The topological polar surface area (TPSA) is 93.5 Å². The van der Waals surface area contributed by atoms with E-state index in [2.05, 4.69) is 9.36 Å². The summed E-state index contributed by atoms with van der Waals surface area (Å²) >= 11 is 1.24. The Labute approximate surface area is 193 Å². The van der Waals surface area contributed by atoms with E-state index in [-0.39, 0.29) is 24.4 Å². The van der Waals surface area contributed by atoms with E-state index in [1.54, 1.807) is 9.80 Å². The number of methoxy groups -OCH3 is 1. The summed E-state index contributed by atoms with van der Waals surface area (Å²) in [4.78, 5) is 38.5.